The molecule has 8 rings (SSSR count). The maximum atomic E-state index is 13.6. The van der Waals surface area contributed by atoms with Gasteiger partial charge >= 0.3 is 5.97 Å². The molecular weight excluding hydrogens is 893 g/mol. The molecule has 0 spiro atoms. The summed E-state index contributed by atoms with van der Waals surface area (Å²) in [5.74, 6) is 0.800. The molecule has 0 bridgehead atoms. The highest BCUT2D eigenvalue weighted by Crippen LogP contribution is 2.35. The van der Waals surface area contributed by atoms with Crippen LogP contribution in [0.4, 0.5) is 8.78 Å². The maximum absolute atomic E-state index is 13.6. The molecule has 6 aromatic rings. The predicted molar refractivity (Wildman–Crippen MR) is 245 cm³/mol. The minimum absolute atomic E-state index is 0.0203. The van der Waals surface area contributed by atoms with Crippen LogP contribution in [0.2, 0.25) is 0 Å². The van der Waals surface area contributed by atoms with Crippen molar-refractivity contribution in [2.45, 2.75) is 146 Å². The molecule has 0 unspecified atom stereocenters. The van der Waals surface area contributed by atoms with Crippen LogP contribution in [0, 0.1) is 11.8 Å². The first-order valence-electron chi connectivity index (χ1n) is 22.4. The van der Waals surface area contributed by atoms with Gasteiger partial charge in [0.25, 0.3) is 26.0 Å². The van der Waals surface area contributed by atoms with E-state index in [9.17, 15) is 35.2 Å². The molecule has 1 amide bonds. The minimum Gasteiger partial charge on any atom is -0.478 e. The van der Waals surface area contributed by atoms with Crippen LogP contribution >= 0.6 is 0 Å². The fourth-order valence-electron chi connectivity index (χ4n) is 8.76. The Morgan fingerprint density at radius 2 is 1.06 bits per heavy atom. The number of carboxylic acid groups (broad SMARTS) is 1. The fraction of sp³-hybridized carbons (Fsp3) is 0.522. The molecule has 356 valence electrons. The first-order chi connectivity index (χ1) is 31.0. The number of halogens is 2. The number of nitrogens with zero attached hydrogens (tertiary/aromatic N) is 8. The first-order valence-corrected chi connectivity index (χ1v) is 25.3. The Bertz CT molecular complexity index is 2960. The van der Waals surface area contributed by atoms with Crippen molar-refractivity contribution in [1.29, 1.82) is 0 Å². The van der Waals surface area contributed by atoms with Gasteiger partial charge in [-0.15, -0.1) is 0 Å². The monoisotopic (exact) mass is 951 g/mol. The average molecular weight is 952 g/mol. The van der Waals surface area contributed by atoms with Gasteiger partial charge in [0.1, 0.15) is 24.0 Å². The summed E-state index contributed by atoms with van der Waals surface area (Å²) in [6.45, 7) is 16.1. The Kier molecular flexibility index (Phi) is 13.7. The average Bonchev–Trinajstić information content (AvgIpc) is 4.08. The lowest BCUT2D eigenvalue weighted by atomic mass is 9.87. The SMILES string of the molecule is CC(C)(C)c1nc2cc(S(=O)(=O)n3cc(C(=O)O)cn3)ccc2n1CC1CCC(F)CC1.CCNC(=O)c1cnn(S(=O)(=O)c2ccc3c(c2)nc(C(C)(C)C)n3CC2CCC(F)CC2)c1. The maximum Gasteiger partial charge on any atom is 0.338 e. The number of fused-ring (bicyclic) bond motifs is 2. The van der Waals surface area contributed by atoms with Crippen molar-refractivity contribution in [3.05, 3.63) is 84.0 Å². The second kappa shape index (κ2) is 18.6. The van der Waals surface area contributed by atoms with Crippen LogP contribution in [0.5, 0.6) is 0 Å². The van der Waals surface area contributed by atoms with E-state index in [-0.39, 0.29) is 37.7 Å². The van der Waals surface area contributed by atoms with E-state index >= 15 is 0 Å². The van der Waals surface area contributed by atoms with Gasteiger partial charge in [-0.05, 0) is 107 Å². The molecule has 66 heavy (non-hydrogen) atoms. The summed E-state index contributed by atoms with van der Waals surface area (Å²) in [5.41, 5.74) is 2.25. The molecule has 4 aromatic heterocycles. The van der Waals surface area contributed by atoms with Crippen molar-refractivity contribution in [2.75, 3.05) is 6.54 Å². The van der Waals surface area contributed by atoms with Crippen molar-refractivity contribution >= 4 is 54.0 Å². The van der Waals surface area contributed by atoms with Crippen molar-refractivity contribution in [3.63, 3.8) is 0 Å². The van der Waals surface area contributed by atoms with Crippen LogP contribution < -0.4 is 5.32 Å². The molecule has 2 aromatic carbocycles. The largest absolute Gasteiger partial charge is 0.478 e. The number of carboxylic acids is 1. The number of carbonyl (C=O) groups is 2. The molecular formula is C46H59F2N9O7S2. The topological polar surface area (TPSA) is 206 Å². The number of carbonyl (C=O) groups excluding carboxylic acids is 1. The van der Waals surface area contributed by atoms with Crippen molar-refractivity contribution in [3.8, 4) is 0 Å². The number of aromatic nitrogens is 8. The van der Waals surface area contributed by atoms with Gasteiger partial charge in [-0.25, -0.2) is 23.5 Å². The Morgan fingerprint density at radius 1 is 0.667 bits per heavy atom. The molecule has 0 atom stereocenters. The quantitative estimate of drug-likeness (QED) is 0.127. The van der Waals surface area contributed by atoms with Crippen molar-refractivity contribution < 1.29 is 40.3 Å². The van der Waals surface area contributed by atoms with Crippen LogP contribution in [0.15, 0.2) is 71.0 Å². The number of rotatable bonds is 11. The van der Waals surface area contributed by atoms with Gasteiger partial charge in [-0.3, -0.25) is 4.79 Å². The minimum atomic E-state index is -4.06. The zero-order chi connectivity index (χ0) is 47.9. The zero-order valence-corrected chi connectivity index (χ0v) is 40.0. The summed E-state index contributed by atoms with van der Waals surface area (Å²) in [6, 6.07) is 9.60. The fourth-order valence-corrected chi connectivity index (χ4v) is 11.0. The Hall–Kier alpha value is -5.50. The standard InChI is InChI=1S/C24H32FN5O3S.C22H27FN4O4S/c1-5-26-22(31)17-13-27-30(15-17)34(32,33)19-10-11-21-20(12-19)28-23(24(2,3)4)29(21)14-16-6-8-18(25)9-7-16;1-22(2,3)21-25-18-10-17(32(30,31)27-13-15(11-24-27)20(28)29)8-9-19(18)26(21)12-14-4-6-16(23)7-5-14/h10-13,15-16,18H,5-9,14H2,1-4H3,(H,26,31);8-11,13-14,16H,4-7,12H2,1-3H3,(H,28,29). The van der Waals surface area contributed by atoms with Crippen molar-refractivity contribution in [2.24, 2.45) is 11.8 Å². The van der Waals surface area contributed by atoms with Gasteiger partial charge in [0.2, 0.25) is 0 Å². The number of benzene rings is 2. The van der Waals surface area contributed by atoms with Crippen LogP contribution in [-0.2, 0) is 44.0 Å². The van der Waals surface area contributed by atoms with E-state index in [0.29, 0.717) is 65.7 Å². The van der Waals surface area contributed by atoms with E-state index in [2.05, 4.69) is 66.2 Å². The lowest BCUT2D eigenvalue weighted by Crippen LogP contribution is -2.24. The normalized spacial score (nSPS) is 19.7. The number of hydrogen-bond donors (Lipinski definition) is 2. The molecule has 4 heterocycles. The summed E-state index contributed by atoms with van der Waals surface area (Å²) in [4.78, 5) is 32.7. The summed E-state index contributed by atoms with van der Waals surface area (Å²) in [6.07, 6.45) is 8.65. The van der Waals surface area contributed by atoms with Crippen LogP contribution in [-0.4, -0.2) is 90.2 Å². The summed E-state index contributed by atoms with van der Waals surface area (Å²) < 4.78 is 85.4. The first kappa shape index (κ1) is 48.4. The second-order valence-corrected chi connectivity index (χ2v) is 23.1. The van der Waals surface area contributed by atoms with Gasteiger partial charge in [0.05, 0.1) is 67.8 Å². The second-order valence-electron chi connectivity index (χ2n) is 19.5. The third kappa shape index (κ3) is 10.2. The van der Waals surface area contributed by atoms with E-state index in [1.54, 1.807) is 31.2 Å². The third-order valence-corrected chi connectivity index (χ3v) is 15.4. The zero-order valence-electron chi connectivity index (χ0n) is 38.4. The van der Waals surface area contributed by atoms with Crippen LogP contribution in [0.1, 0.15) is 132 Å². The van der Waals surface area contributed by atoms with Gasteiger partial charge in [-0.2, -0.15) is 35.2 Å². The highest BCUT2D eigenvalue weighted by Gasteiger charge is 2.31. The summed E-state index contributed by atoms with van der Waals surface area (Å²) >= 11 is 0. The number of amides is 1. The molecule has 20 heteroatoms. The Balaban J connectivity index is 0.000000197. The molecule has 2 fully saturated rings. The highest BCUT2D eigenvalue weighted by molar-refractivity contribution is 7.90. The molecule has 2 aliphatic rings. The van der Waals surface area contributed by atoms with Gasteiger partial charge in [0, 0.05) is 30.5 Å². The molecule has 2 N–H and O–H groups in total. The number of aromatic carboxylic acids is 1. The Morgan fingerprint density at radius 3 is 1.42 bits per heavy atom. The lowest BCUT2D eigenvalue weighted by Gasteiger charge is -2.27. The van der Waals surface area contributed by atoms with Gasteiger partial charge < -0.3 is 19.6 Å². The summed E-state index contributed by atoms with van der Waals surface area (Å²) in [5, 5.41) is 19.3. The van der Waals surface area contributed by atoms with Crippen LogP contribution in [0.3, 0.4) is 0 Å². The molecule has 0 saturated heterocycles. The number of alkyl halides is 2. The van der Waals surface area contributed by atoms with Gasteiger partial charge in [-0.1, -0.05) is 41.5 Å². The van der Waals surface area contributed by atoms with Crippen LogP contribution in [0.25, 0.3) is 22.1 Å². The number of imidazole rings is 2. The predicted octanol–water partition coefficient (Wildman–Crippen LogP) is 8.04. The van der Waals surface area contributed by atoms with Gasteiger partial charge in [0.15, 0.2) is 0 Å². The molecule has 2 aliphatic carbocycles. The molecule has 16 nitrogen and oxygen atoms in total. The lowest BCUT2D eigenvalue weighted by molar-refractivity contribution is 0.0696. The summed E-state index contributed by atoms with van der Waals surface area (Å²) in [7, 11) is -8.06. The number of hydrogen-bond acceptors (Lipinski definition) is 10. The highest BCUT2D eigenvalue weighted by atomic mass is 32.2. The third-order valence-electron chi connectivity index (χ3n) is 12.3. The van der Waals surface area contributed by atoms with E-state index in [0.717, 1.165) is 71.4 Å². The van der Waals surface area contributed by atoms with E-state index in [1.165, 1.54) is 24.5 Å². The van der Waals surface area contributed by atoms with E-state index in [4.69, 9.17) is 15.1 Å². The molecule has 0 radical (unpaired) electrons. The molecule has 2 saturated carbocycles. The molecule has 0 aliphatic heterocycles. The van der Waals surface area contributed by atoms with E-state index < -0.39 is 38.4 Å². The smallest absolute Gasteiger partial charge is 0.338 e. The van der Waals surface area contributed by atoms with E-state index in [1.807, 2.05) is 0 Å². The number of nitrogens with one attached hydrogen (secondary N) is 1. The Labute approximate surface area is 383 Å². The van der Waals surface area contributed by atoms with Crippen molar-refractivity contribution in [1.82, 2.24) is 42.8 Å².